The lowest BCUT2D eigenvalue weighted by molar-refractivity contribution is 0.0955. The van der Waals surface area contributed by atoms with Crippen molar-refractivity contribution in [3.8, 4) is 16.9 Å². The quantitative estimate of drug-likeness (QED) is 0.285. The van der Waals surface area contributed by atoms with Gasteiger partial charge in [0.15, 0.2) is 0 Å². The molecule has 0 aliphatic carbocycles. The van der Waals surface area contributed by atoms with Crippen molar-refractivity contribution in [2.24, 2.45) is 5.10 Å². The van der Waals surface area contributed by atoms with Crippen LogP contribution >= 0.6 is 11.3 Å². The molecule has 0 saturated carbocycles. The maximum atomic E-state index is 12.4. The molecule has 1 aromatic heterocycles. The van der Waals surface area contributed by atoms with Gasteiger partial charge in [0.1, 0.15) is 12.4 Å². The molecule has 31 heavy (non-hydrogen) atoms. The van der Waals surface area contributed by atoms with Crippen LogP contribution in [0, 0.1) is 0 Å². The lowest BCUT2D eigenvalue weighted by Crippen LogP contribution is -2.19. The van der Waals surface area contributed by atoms with Gasteiger partial charge in [-0.3, -0.25) is 4.79 Å². The number of carbonyl (C=O) groups is 1. The van der Waals surface area contributed by atoms with Crippen LogP contribution in [0.15, 0.2) is 101 Å². The Morgan fingerprint density at radius 2 is 1.65 bits per heavy atom. The van der Waals surface area contributed by atoms with Gasteiger partial charge in [-0.25, -0.2) is 5.43 Å². The summed E-state index contributed by atoms with van der Waals surface area (Å²) in [6.45, 7) is 2.29. The predicted octanol–water partition coefficient (Wildman–Crippen LogP) is 6.15. The molecule has 4 aromatic rings. The molecule has 0 bridgehead atoms. The van der Waals surface area contributed by atoms with Crippen LogP contribution in [0.2, 0.25) is 0 Å². The number of hydrogen-bond acceptors (Lipinski definition) is 4. The van der Waals surface area contributed by atoms with Gasteiger partial charge in [-0.15, -0.1) is 11.3 Å². The van der Waals surface area contributed by atoms with E-state index in [2.05, 4.69) is 28.7 Å². The third-order valence-electron chi connectivity index (χ3n) is 4.79. The zero-order chi connectivity index (χ0) is 21.5. The number of nitrogens with zero attached hydrogens (tertiary/aromatic N) is 1. The van der Waals surface area contributed by atoms with Crippen LogP contribution < -0.4 is 10.2 Å². The molecule has 3 aromatic carbocycles. The Bertz CT molecular complexity index is 1170. The number of ether oxygens (including phenoxy) is 1. The van der Waals surface area contributed by atoms with Crippen LogP contribution in [0.3, 0.4) is 0 Å². The molecule has 0 unspecified atom stereocenters. The molecule has 4 nitrogen and oxygen atoms in total. The molecule has 0 spiro atoms. The number of thiophene rings is 1. The SMILES string of the molecule is CC(=NNC(=O)c1ccc(COc2ccccc2-c2ccccc2)cc1)c1cccs1. The molecule has 0 aliphatic heterocycles. The van der Waals surface area contributed by atoms with Gasteiger partial charge < -0.3 is 4.74 Å². The molecule has 1 N–H and O–H groups in total. The first-order valence-electron chi connectivity index (χ1n) is 9.95. The van der Waals surface area contributed by atoms with Crippen LogP contribution in [-0.2, 0) is 6.61 Å². The highest BCUT2D eigenvalue weighted by Crippen LogP contribution is 2.30. The van der Waals surface area contributed by atoms with Crippen LogP contribution in [0.4, 0.5) is 0 Å². The Balaban J connectivity index is 1.39. The zero-order valence-corrected chi connectivity index (χ0v) is 17.9. The molecule has 154 valence electrons. The summed E-state index contributed by atoms with van der Waals surface area (Å²) >= 11 is 1.59. The van der Waals surface area contributed by atoms with Gasteiger partial charge in [0, 0.05) is 16.0 Å². The number of nitrogens with one attached hydrogen (secondary N) is 1. The van der Waals surface area contributed by atoms with E-state index in [9.17, 15) is 4.79 Å². The minimum absolute atomic E-state index is 0.238. The van der Waals surface area contributed by atoms with E-state index >= 15 is 0 Å². The standard InChI is InChI=1S/C26H22N2O2S/c1-19(25-12-7-17-31-25)27-28-26(29)22-15-13-20(14-16-22)18-30-24-11-6-5-10-23(24)21-8-3-2-4-9-21/h2-17H,18H2,1H3,(H,28,29). The van der Waals surface area contributed by atoms with Crippen molar-refractivity contribution in [3.05, 3.63) is 112 Å². The second-order valence-electron chi connectivity index (χ2n) is 6.96. The van der Waals surface area contributed by atoms with Gasteiger partial charge >= 0.3 is 0 Å². The van der Waals surface area contributed by atoms with Gasteiger partial charge in [-0.1, -0.05) is 66.7 Å². The zero-order valence-electron chi connectivity index (χ0n) is 17.1. The third-order valence-corrected chi connectivity index (χ3v) is 5.76. The maximum absolute atomic E-state index is 12.4. The summed E-state index contributed by atoms with van der Waals surface area (Å²) in [5.74, 6) is 0.590. The average Bonchev–Trinajstić information content (AvgIpc) is 3.37. The van der Waals surface area contributed by atoms with E-state index in [0.717, 1.165) is 33.0 Å². The summed E-state index contributed by atoms with van der Waals surface area (Å²) in [5.41, 5.74) is 7.10. The molecular weight excluding hydrogens is 404 g/mol. The fourth-order valence-corrected chi connectivity index (χ4v) is 3.78. The largest absolute Gasteiger partial charge is 0.488 e. The highest BCUT2D eigenvalue weighted by molar-refractivity contribution is 7.12. The molecule has 0 aliphatic rings. The van der Waals surface area contributed by atoms with Crippen molar-refractivity contribution >= 4 is 23.0 Å². The molecule has 5 heteroatoms. The Morgan fingerprint density at radius 3 is 2.39 bits per heavy atom. The minimum atomic E-state index is -0.238. The Hall–Kier alpha value is -3.70. The first kappa shape index (κ1) is 20.6. The molecular formula is C26H22N2O2S. The summed E-state index contributed by atoms with van der Waals surface area (Å²) < 4.78 is 6.08. The van der Waals surface area contributed by atoms with E-state index in [1.54, 1.807) is 23.5 Å². The van der Waals surface area contributed by atoms with Gasteiger partial charge in [0.2, 0.25) is 0 Å². The predicted molar refractivity (Wildman–Crippen MR) is 127 cm³/mol. The molecule has 0 fully saturated rings. The first-order valence-corrected chi connectivity index (χ1v) is 10.8. The van der Waals surface area contributed by atoms with E-state index in [1.807, 2.05) is 73.0 Å². The van der Waals surface area contributed by atoms with Crippen molar-refractivity contribution in [2.75, 3.05) is 0 Å². The number of hydrazone groups is 1. The normalized spacial score (nSPS) is 11.2. The summed E-state index contributed by atoms with van der Waals surface area (Å²) in [5, 5.41) is 6.16. The molecule has 0 atom stereocenters. The van der Waals surface area contributed by atoms with Crippen LogP contribution in [0.1, 0.15) is 27.7 Å². The molecule has 0 saturated heterocycles. The lowest BCUT2D eigenvalue weighted by atomic mass is 10.0. The van der Waals surface area contributed by atoms with Crippen molar-refractivity contribution in [1.82, 2.24) is 5.43 Å². The monoisotopic (exact) mass is 426 g/mol. The van der Waals surface area contributed by atoms with Crippen LogP contribution in [0.25, 0.3) is 11.1 Å². The Kier molecular flexibility index (Phi) is 6.55. The number of benzene rings is 3. The summed E-state index contributed by atoms with van der Waals surface area (Å²) in [6.07, 6.45) is 0. The van der Waals surface area contributed by atoms with E-state index in [-0.39, 0.29) is 5.91 Å². The highest BCUT2D eigenvalue weighted by Gasteiger charge is 2.08. The number of hydrogen-bond donors (Lipinski definition) is 1. The van der Waals surface area contributed by atoms with Crippen molar-refractivity contribution in [3.63, 3.8) is 0 Å². The van der Waals surface area contributed by atoms with Gasteiger partial charge in [0.05, 0.1) is 5.71 Å². The van der Waals surface area contributed by atoms with Crippen LogP contribution in [-0.4, -0.2) is 11.6 Å². The number of para-hydroxylation sites is 1. The van der Waals surface area contributed by atoms with E-state index in [4.69, 9.17) is 4.74 Å². The fourth-order valence-electron chi connectivity index (χ4n) is 3.10. The van der Waals surface area contributed by atoms with Crippen molar-refractivity contribution in [2.45, 2.75) is 13.5 Å². The van der Waals surface area contributed by atoms with Crippen LogP contribution in [0.5, 0.6) is 5.75 Å². The van der Waals surface area contributed by atoms with Gasteiger partial charge in [-0.2, -0.15) is 5.10 Å². The Labute approximate surface area is 185 Å². The highest BCUT2D eigenvalue weighted by atomic mass is 32.1. The minimum Gasteiger partial charge on any atom is -0.488 e. The smallest absolute Gasteiger partial charge is 0.271 e. The molecule has 0 radical (unpaired) electrons. The molecule has 1 heterocycles. The third kappa shape index (κ3) is 5.27. The number of rotatable bonds is 7. The Morgan fingerprint density at radius 1 is 0.903 bits per heavy atom. The maximum Gasteiger partial charge on any atom is 0.271 e. The molecule has 1 amide bonds. The van der Waals surface area contributed by atoms with Gasteiger partial charge in [-0.05, 0) is 47.7 Å². The second-order valence-corrected chi connectivity index (χ2v) is 7.91. The first-order chi connectivity index (χ1) is 15.2. The summed E-state index contributed by atoms with van der Waals surface area (Å²) in [7, 11) is 0. The number of amides is 1. The lowest BCUT2D eigenvalue weighted by Gasteiger charge is -2.12. The summed E-state index contributed by atoms with van der Waals surface area (Å²) in [4.78, 5) is 13.4. The average molecular weight is 427 g/mol. The fraction of sp³-hybridized carbons (Fsp3) is 0.0769. The molecule has 4 rings (SSSR count). The van der Waals surface area contributed by atoms with E-state index in [0.29, 0.717) is 12.2 Å². The van der Waals surface area contributed by atoms with Gasteiger partial charge in [0.25, 0.3) is 5.91 Å². The van der Waals surface area contributed by atoms with Crippen molar-refractivity contribution < 1.29 is 9.53 Å². The van der Waals surface area contributed by atoms with E-state index in [1.165, 1.54) is 0 Å². The summed E-state index contributed by atoms with van der Waals surface area (Å²) in [6, 6.07) is 29.5. The van der Waals surface area contributed by atoms with Crippen molar-refractivity contribution in [1.29, 1.82) is 0 Å². The second kappa shape index (κ2) is 9.87. The topological polar surface area (TPSA) is 50.7 Å². The number of carbonyl (C=O) groups excluding carboxylic acids is 1. The van der Waals surface area contributed by atoms with E-state index < -0.39 is 0 Å².